The highest BCUT2D eigenvalue weighted by Crippen LogP contribution is 2.12. The third-order valence-corrected chi connectivity index (χ3v) is 6.72. The van der Waals surface area contributed by atoms with E-state index in [9.17, 15) is 8.42 Å². The number of thiophene rings is 1. The molecule has 1 aliphatic heterocycles. The SMILES string of the molecule is CCNC(=NCc1cccs1)N1CCN(S(=O)(=O)CCOC(C)C)CC1.I. The number of nitrogens with one attached hydrogen (secondary N) is 1. The minimum absolute atomic E-state index is 0. The Hall–Kier alpha value is -0.430. The van der Waals surface area contributed by atoms with Gasteiger partial charge in [-0.2, -0.15) is 4.31 Å². The van der Waals surface area contributed by atoms with Crippen molar-refractivity contribution in [2.24, 2.45) is 4.99 Å². The van der Waals surface area contributed by atoms with Gasteiger partial charge in [0.05, 0.1) is 25.0 Å². The molecule has 10 heteroatoms. The summed E-state index contributed by atoms with van der Waals surface area (Å²) in [5.41, 5.74) is 0. The van der Waals surface area contributed by atoms with Crippen molar-refractivity contribution in [3.63, 3.8) is 0 Å². The Balaban J connectivity index is 0.00000364. The molecule has 1 saturated heterocycles. The van der Waals surface area contributed by atoms with Gasteiger partial charge in [0.1, 0.15) is 0 Å². The quantitative estimate of drug-likeness (QED) is 0.317. The summed E-state index contributed by atoms with van der Waals surface area (Å²) >= 11 is 1.69. The molecule has 1 aromatic rings. The van der Waals surface area contributed by atoms with Crippen molar-refractivity contribution in [2.75, 3.05) is 45.1 Å². The maximum absolute atomic E-state index is 12.4. The first-order valence-corrected chi connectivity index (χ1v) is 11.6. The van der Waals surface area contributed by atoms with Crippen LogP contribution in [0.25, 0.3) is 0 Å². The molecule has 0 spiro atoms. The van der Waals surface area contributed by atoms with E-state index in [0.29, 0.717) is 32.7 Å². The lowest BCUT2D eigenvalue weighted by molar-refractivity contribution is 0.0904. The molecule has 1 aromatic heterocycles. The largest absolute Gasteiger partial charge is 0.378 e. The molecule has 156 valence electrons. The first-order valence-electron chi connectivity index (χ1n) is 9.07. The molecule has 1 N–H and O–H groups in total. The minimum atomic E-state index is -3.27. The molecule has 0 aliphatic carbocycles. The highest BCUT2D eigenvalue weighted by molar-refractivity contribution is 14.0. The summed E-state index contributed by atoms with van der Waals surface area (Å²) in [6.07, 6.45) is 0.0456. The van der Waals surface area contributed by atoms with Crippen LogP contribution in [-0.4, -0.2) is 74.8 Å². The van der Waals surface area contributed by atoms with Crippen LogP contribution >= 0.6 is 35.3 Å². The Morgan fingerprint density at radius 2 is 2.04 bits per heavy atom. The van der Waals surface area contributed by atoms with Gasteiger partial charge in [-0.05, 0) is 32.2 Å². The number of nitrogens with zero attached hydrogens (tertiary/aromatic N) is 3. The third kappa shape index (κ3) is 8.22. The van der Waals surface area contributed by atoms with E-state index in [1.807, 2.05) is 32.2 Å². The molecule has 0 radical (unpaired) electrons. The van der Waals surface area contributed by atoms with E-state index in [4.69, 9.17) is 4.74 Å². The highest BCUT2D eigenvalue weighted by atomic mass is 127. The second-order valence-corrected chi connectivity index (χ2v) is 9.49. The van der Waals surface area contributed by atoms with Gasteiger partial charge in [0, 0.05) is 37.6 Å². The Bertz CT molecular complexity index is 658. The summed E-state index contributed by atoms with van der Waals surface area (Å²) in [7, 11) is -3.27. The number of hydrogen-bond acceptors (Lipinski definition) is 5. The molecule has 7 nitrogen and oxygen atoms in total. The lowest BCUT2D eigenvalue weighted by atomic mass is 10.4. The predicted octanol–water partition coefficient (Wildman–Crippen LogP) is 2.20. The van der Waals surface area contributed by atoms with Crippen LogP contribution in [0, 0.1) is 0 Å². The first-order chi connectivity index (χ1) is 12.4. The van der Waals surface area contributed by atoms with Crippen molar-refractivity contribution in [3.8, 4) is 0 Å². The first kappa shape index (κ1) is 24.6. The fraction of sp³-hybridized carbons (Fsp3) is 0.706. The molecule has 0 bridgehead atoms. The molecule has 27 heavy (non-hydrogen) atoms. The smallest absolute Gasteiger partial charge is 0.216 e. The number of ether oxygens (including phenoxy) is 1. The molecule has 1 fully saturated rings. The van der Waals surface area contributed by atoms with Crippen LogP contribution in [0.2, 0.25) is 0 Å². The average molecular weight is 530 g/mol. The number of rotatable bonds is 8. The van der Waals surface area contributed by atoms with Gasteiger partial charge in [0.25, 0.3) is 0 Å². The number of hydrogen-bond donors (Lipinski definition) is 1. The van der Waals surface area contributed by atoms with Crippen LogP contribution < -0.4 is 5.32 Å². The number of guanidine groups is 1. The zero-order chi connectivity index (χ0) is 19.0. The fourth-order valence-electron chi connectivity index (χ4n) is 2.68. The molecule has 0 aromatic carbocycles. The van der Waals surface area contributed by atoms with Crippen molar-refractivity contribution in [1.29, 1.82) is 0 Å². The van der Waals surface area contributed by atoms with Crippen molar-refractivity contribution in [1.82, 2.24) is 14.5 Å². The zero-order valence-corrected chi connectivity index (χ0v) is 20.2. The molecule has 0 saturated carbocycles. The molecule has 1 aliphatic rings. The van der Waals surface area contributed by atoms with Crippen molar-refractivity contribution in [3.05, 3.63) is 22.4 Å². The van der Waals surface area contributed by atoms with E-state index in [0.717, 1.165) is 12.5 Å². The Kier molecular flexibility index (Phi) is 11.1. The normalized spacial score (nSPS) is 16.4. The van der Waals surface area contributed by atoms with E-state index in [2.05, 4.69) is 21.3 Å². The summed E-state index contributed by atoms with van der Waals surface area (Å²) in [4.78, 5) is 8.04. The summed E-state index contributed by atoms with van der Waals surface area (Å²) < 4.78 is 31.8. The van der Waals surface area contributed by atoms with Gasteiger partial charge in [-0.3, -0.25) is 0 Å². The summed E-state index contributed by atoms with van der Waals surface area (Å²) in [6.45, 7) is 9.76. The van der Waals surface area contributed by atoms with E-state index < -0.39 is 10.0 Å². The van der Waals surface area contributed by atoms with E-state index in [-0.39, 0.29) is 42.4 Å². The van der Waals surface area contributed by atoms with Gasteiger partial charge < -0.3 is 15.0 Å². The fourth-order valence-corrected chi connectivity index (χ4v) is 4.59. The van der Waals surface area contributed by atoms with Gasteiger partial charge in [0.15, 0.2) is 5.96 Å². The summed E-state index contributed by atoms with van der Waals surface area (Å²) in [5.74, 6) is 0.888. The van der Waals surface area contributed by atoms with Crippen molar-refractivity contribution >= 4 is 51.3 Å². The second kappa shape index (κ2) is 12.2. The van der Waals surface area contributed by atoms with Crippen LogP contribution in [0.4, 0.5) is 0 Å². The Morgan fingerprint density at radius 1 is 1.33 bits per heavy atom. The number of piperazine rings is 1. The van der Waals surface area contributed by atoms with E-state index >= 15 is 0 Å². The van der Waals surface area contributed by atoms with E-state index in [1.54, 1.807) is 15.6 Å². The van der Waals surface area contributed by atoms with Crippen LogP contribution in [0.3, 0.4) is 0 Å². The van der Waals surface area contributed by atoms with Crippen molar-refractivity contribution in [2.45, 2.75) is 33.4 Å². The minimum Gasteiger partial charge on any atom is -0.378 e. The molecule has 2 heterocycles. The Labute approximate surface area is 184 Å². The standard InChI is InChI=1S/C17H30N4O3S2.HI/c1-4-18-17(19-14-16-6-5-12-25-16)20-7-9-21(10-8-20)26(22,23)13-11-24-15(2)3;/h5-6,12,15H,4,7-11,13-14H2,1-3H3,(H,18,19);1H. The number of sulfonamides is 1. The second-order valence-electron chi connectivity index (χ2n) is 6.37. The van der Waals surface area contributed by atoms with E-state index in [1.165, 1.54) is 4.88 Å². The van der Waals surface area contributed by atoms with Gasteiger partial charge in [0.2, 0.25) is 10.0 Å². The molecule has 0 amide bonds. The summed E-state index contributed by atoms with van der Waals surface area (Å²) in [5, 5.41) is 5.35. The lowest BCUT2D eigenvalue weighted by Crippen LogP contribution is -2.54. The summed E-state index contributed by atoms with van der Waals surface area (Å²) in [6, 6.07) is 4.09. The maximum atomic E-state index is 12.4. The molecule has 2 rings (SSSR count). The molecule has 0 unspecified atom stereocenters. The molecular formula is C17H31IN4O3S2. The predicted molar refractivity (Wildman–Crippen MR) is 123 cm³/mol. The average Bonchev–Trinajstić information content (AvgIpc) is 3.12. The highest BCUT2D eigenvalue weighted by Gasteiger charge is 2.28. The maximum Gasteiger partial charge on any atom is 0.216 e. The number of halogens is 1. The van der Waals surface area contributed by atoms with Crippen LogP contribution in [0.1, 0.15) is 25.6 Å². The van der Waals surface area contributed by atoms with Crippen LogP contribution in [0.5, 0.6) is 0 Å². The van der Waals surface area contributed by atoms with Crippen LogP contribution in [-0.2, 0) is 21.3 Å². The lowest BCUT2D eigenvalue weighted by Gasteiger charge is -2.35. The van der Waals surface area contributed by atoms with Crippen molar-refractivity contribution < 1.29 is 13.2 Å². The molecular weight excluding hydrogens is 499 g/mol. The topological polar surface area (TPSA) is 74.2 Å². The Morgan fingerprint density at radius 3 is 2.59 bits per heavy atom. The van der Waals surface area contributed by atoms with Gasteiger partial charge >= 0.3 is 0 Å². The third-order valence-electron chi connectivity index (χ3n) is 4.02. The van der Waals surface area contributed by atoms with Gasteiger partial charge in [-0.1, -0.05) is 6.07 Å². The van der Waals surface area contributed by atoms with Gasteiger partial charge in [-0.25, -0.2) is 13.4 Å². The monoisotopic (exact) mass is 530 g/mol. The van der Waals surface area contributed by atoms with Crippen LogP contribution in [0.15, 0.2) is 22.5 Å². The zero-order valence-electron chi connectivity index (χ0n) is 16.3. The number of aliphatic imine (C=N–C) groups is 1. The molecule has 0 atom stereocenters. The van der Waals surface area contributed by atoms with Gasteiger partial charge in [-0.15, -0.1) is 35.3 Å².